The molecule has 0 amide bonds. The van der Waals surface area contributed by atoms with E-state index in [2.05, 4.69) is 64.2 Å². The average molecular weight is 229 g/mol. The van der Waals surface area contributed by atoms with Gasteiger partial charge < -0.3 is 0 Å². The summed E-state index contributed by atoms with van der Waals surface area (Å²) < 4.78 is 0. The Hall–Kier alpha value is -0.823. The number of hydrogen-bond acceptors (Lipinski definition) is 0. The van der Waals surface area contributed by atoms with Crippen LogP contribution in [0.4, 0.5) is 0 Å². The molecule has 0 spiro atoms. The van der Waals surface area contributed by atoms with Gasteiger partial charge in [0, 0.05) is 0 Å². The van der Waals surface area contributed by atoms with Crippen molar-refractivity contribution in [2.45, 2.75) is 39.4 Å². The van der Waals surface area contributed by atoms with Crippen molar-refractivity contribution in [1.29, 1.82) is 0 Å². The van der Waals surface area contributed by atoms with Crippen LogP contribution in [0.5, 0.6) is 0 Å². The molecule has 0 bridgehead atoms. The minimum absolute atomic E-state index is 0.297. The highest BCUT2D eigenvalue weighted by Crippen LogP contribution is 2.45. The van der Waals surface area contributed by atoms with E-state index in [1.807, 2.05) is 0 Å². The second-order valence-electron chi connectivity index (χ2n) is 5.99. The zero-order chi connectivity index (χ0) is 11.9. The second kappa shape index (κ2) is 3.88. The second-order valence-corrected chi connectivity index (χ2v) is 8.72. The van der Waals surface area contributed by atoms with Crippen LogP contribution in [0.15, 0.2) is 29.8 Å². The molecule has 0 fully saturated rings. The van der Waals surface area contributed by atoms with Crippen LogP contribution in [0.1, 0.15) is 37.4 Å². The summed E-state index contributed by atoms with van der Waals surface area (Å²) in [6, 6.07) is 8.89. The molecule has 0 heterocycles. The van der Waals surface area contributed by atoms with E-state index in [-0.39, 0.29) is 8.80 Å². The zero-order valence-corrected chi connectivity index (χ0v) is 12.0. The average Bonchev–Trinajstić information content (AvgIpc) is 2.55. The van der Waals surface area contributed by atoms with Crippen LogP contribution in [0.25, 0.3) is 6.08 Å². The van der Waals surface area contributed by atoms with Gasteiger partial charge >= 0.3 is 0 Å². The maximum Gasteiger partial charge on any atom is 0.0552 e. The molecule has 1 unspecified atom stereocenters. The van der Waals surface area contributed by atoms with Gasteiger partial charge in [-0.2, -0.15) is 0 Å². The lowest BCUT2D eigenvalue weighted by Gasteiger charge is -2.29. The van der Waals surface area contributed by atoms with Gasteiger partial charge in [0.25, 0.3) is 0 Å². The summed E-state index contributed by atoms with van der Waals surface area (Å²) >= 11 is 0. The Morgan fingerprint density at radius 3 is 2.25 bits per heavy atom. The van der Waals surface area contributed by atoms with Crippen LogP contribution in [0, 0.1) is 5.41 Å². The lowest BCUT2D eigenvalue weighted by atomic mass is 9.85. The standard InChI is InChI=1S/C15H21Si/c1-15(2,3)13-10-11-8-6-7-9-12(11)14(13)16(4)5/h6-10,14H,1-5H3. The van der Waals surface area contributed by atoms with Crippen molar-refractivity contribution in [3.05, 3.63) is 41.0 Å². The van der Waals surface area contributed by atoms with Crippen LogP contribution in [-0.2, 0) is 0 Å². The van der Waals surface area contributed by atoms with E-state index in [0.29, 0.717) is 11.0 Å². The number of allylic oxidation sites excluding steroid dienone is 1. The quantitative estimate of drug-likeness (QED) is 0.622. The van der Waals surface area contributed by atoms with Gasteiger partial charge in [0.15, 0.2) is 0 Å². The molecule has 0 nitrogen and oxygen atoms in total. The maximum atomic E-state index is 2.43. The van der Waals surface area contributed by atoms with Gasteiger partial charge in [-0.15, -0.1) is 0 Å². The Bertz CT molecular complexity index is 421. The summed E-state index contributed by atoms with van der Waals surface area (Å²) in [7, 11) is -0.323. The summed E-state index contributed by atoms with van der Waals surface area (Å²) in [5, 5.41) is 0. The Labute approximate surface area is 101 Å². The van der Waals surface area contributed by atoms with Crippen molar-refractivity contribution >= 4 is 14.9 Å². The minimum Gasteiger partial charge on any atom is -0.0705 e. The van der Waals surface area contributed by atoms with E-state index in [1.54, 1.807) is 11.1 Å². The van der Waals surface area contributed by atoms with Crippen molar-refractivity contribution in [2.24, 2.45) is 5.41 Å². The van der Waals surface area contributed by atoms with Crippen LogP contribution >= 0.6 is 0 Å². The summed E-state index contributed by atoms with van der Waals surface area (Å²) in [5.74, 6) is 0. The molecule has 85 valence electrons. The smallest absolute Gasteiger partial charge is 0.0552 e. The third-order valence-electron chi connectivity index (χ3n) is 3.37. The Morgan fingerprint density at radius 1 is 1.06 bits per heavy atom. The molecule has 2 rings (SSSR count). The van der Waals surface area contributed by atoms with Crippen molar-refractivity contribution in [3.8, 4) is 0 Å². The molecular formula is C15H21Si. The van der Waals surface area contributed by atoms with Crippen molar-refractivity contribution in [2.75, 3.05) is 0 Å². The summed E-state index contributed by atoms with van der Waals surface area (Å²) in [5.41, 5.74) is 5.65. The first-order valence-corrected chi connectivity index (χ1v) is 8.60. The zero-order valence-electron chi connectivity index (χ0n) is 11.0. The van der Waals surface area contributed by atoms with E-state index in [4.69, 9.17) is 0 Å². The molecule has 1 heteroatoms. The Balaban J connectivity index is 2.51. The van der Waals surface area contributed by atoms with E-state index < -0.39 is 0 Å². The normalized spacial score (nSPS) is 19.9. The van der Waals surface area contributed by atoms with Crippen LogP contribution < -0.4 is 0 Å². The van der Waals surface area contributed by atoms with Gasteiger partial charge in [-0.05, 0) is 22.1 Å². The molecule has 0 aromatic heterocycles. The highest BCUT2D eigenvalue weighted by atomic mass is 28.3. The van der Waals surface area contributed by atoms with Gasteiger partial charge in [-0.3, -0.25) is 0 Å². The number of rotatable bonds is 1. The van der Waals surface area contributed by atoms with E-state index >= 15 is 0 Å². The van der Waals surface area contributed by atoms with E-state index in [9.17, 15) is 0 Å². The van der Waals surface area contributed by atoms with Gasteiger partial charge in [-0.1, -0.05) is 69.8 Å². The van der Waals surface area contributed by atoms with Crippen LogP contribution in [-0.4, -0.2) is 8.80 Å². The SMILES string of the molecule is C[Si](C)C1C(C(C)(C)C)=Cc2ccccc21. The predicted octanol–water partition coefficient (Wildman–Crippen LogP) is 4.51. The molecule has 1 atom stereocenters. The van der Waals surface area contributed by atoms with Gasteiger partial charge in [0.1, 0.15) is 0 Å². The highest BCUT2D eigenvalue weighted by molar-refractivity contribution is 6.58. The summed E-state index contributed by atoms with van der Waals surface area (Å²) in [6.45, 7) is 11.9. The molecule has 16 heavy (non-hydrogen) atoms. The molecule has 1 radical (unpaired) electrons. The Kier molecular flexibility index (Phi) is 2.83. The molecule has 1 aromatic carbocycles. The first-order valence-electron chi connectivity index (χ1n) is 6.02. The highest BCUT2D eigenvalue weighted by Gasteiger charge is 2.34. The van der Waals surface area contributed by atoms with Gasteiger partial charge in [0.05, 0.1) is 8.80 Å². The predicted molar refractivity (Wildman–Crippen MR) is 74.1 cm³/mol. The maximum absolute atomic E-state index is 2.43. The lowest BCUT2D eigenvalue weighted by Crippen LogP contribution is -2.23. The molecule has 0 saturated heterocycles. The fourth-order valence-corrected chi connectivity index (χ4v) is 4.62. The van der Waals surface area contributed by atoms with Gasteiger partial charge in [-0.25, -0.2) is 0 Å². The van der Waals surface area contributed by atoms with Crippen LogP contribution in [0.3, 0.4) is 0 Å². The summed E-state index contributed by atoms with van der Waals surface area (Å²) in [4.78, 5) is 0. The first kappa shape index (κ1) is 11.7. The van der Waals surface area contributed by atoms with Crippen molar-refractivity contribution in [1.82, 2.24) is 0 Å². The molecule has 0 aliphatic heterocycles. The topological polar surface area (TPSA) is 0 Å². The largest absolute Gasteiger partial charge is 0.0705 e. The number of benzene rings is 1. The monoisotopic (exact) mass is 229 g/mol. The third-order valence-corrected chi connectivity index (χ3v) is 5.15. The van der Waals surface area contributed by atoms with Crippen molar-refractivity contribution in [3.63, 3.8) is 0 Å². The van der Waals surface area contributed by atoms with E-state index in [1.165, 1.54) is 5.56 Å². The fourth-order valence-electron chi connectivity index (χ4n) is 2.60. The molecule has 1 aliphatic carbocycles. The lowest BCUT2D eigenvalue weighted by molar-refractivity contribution is 0.493. The first-order chi connectivity index (χ1) is 7.41. The number of fused-ring (bicyclic) bond motifs is 1. The van der Waals surface area contributed by atoms with Crippen LogP contribution in [0.2, 0.25) is 13.1 Å². The summed E-state index contributed by atoms with van der Waals surface area (Å²) in [6.07, 6.45) is 2.43. The van der Waals surface area contributed by atoms with E-state index in [0.717, 1.165) is 0 Å². The molecule has 0 saturated carbocycles. The minimum atomic E-state index is -0.323. The Morgan fingerprint density at radius 2 is 1.69 bits per heavy atom. The number of hydrogen-bond donors (Lipinski definition) is 0. The van der Waals surface area contributed by atoms with Gasteiger partial charge in [0.2, 0.25) is 0 Å². The molecular weight excluding hydrogens is 208 g/mol. The molecule has 1 aromatic rings. The molecule has 0 N–H and O–H groups in total. The fraction of sp³-hybridized carbons (Fsp3) is 0.467. The molecule has 1 aliphatic rings. The van der Waals surface area contributed by atoms with Crippen molar-refractivity contribution < 1.29 is 0 Å². The third kappa shape index (κ3) is 1.89.